The van der Waals surface area contributed by atoms with Gasteiger partial charge in [0, 0.05) is 11.9 Å². The van der Waals surface area contributed by atoms with E-state index < -0.39 is 11.8 Å². The van der Waals surface area contributed by atoms with Crippen molar-refractivity contribution < 1.29 is 9.59 Å². The topological polar surface area (TPSA) is 121 Å². The number of imide groups is 1. The molecule has 1 aromatic heterocycles. The normalized spacial score (nSPS) is 12.5. The molecule has 7 heteroatoms. The van der Waals surface area contributed by atoms with Crippen molar-refractivity contribution >= 4 is 29.0 Å². The fraction of sp³-hybridized carbons (Fsp3) is 0. The molecule has 0 radical (unpaired) electrons. The van der Waals surface area contributed by atoms with Crippen molar-refractivity contribution in [2.45, 2.75) is 0 Å². The molecule has 0 spiro atoms. The number of amides is 2. The number of fused-ring (bicyclic) bond motifs is 1. The maximum absolute atomic E-state index is 11.6. The van der Waals surface area contributed by atoms with Gasteiger partial charge in [0.15, 0.2) is 5.82 Å². The number of anilines is 3. The molecule has 1 aromatic carbocycles. The lowest BCUT2D eigenvalue weighted by molar-refractivity contribution is 0.0879. The van der Waals surface area contributed by atoms with Crippen LogP contribution in [0.1, 0.15) is 26.3 Å². The second-order valence-electron chi connectivity index (χ2n) is 4.40. The zero-order valence-corrected chi connectivity index (χ0v) is 10.7. The number of carbonyl (C=O) groups excluding carboxylic acids is 2. The summed E-state index contributed by atoms with van der Waals surface area (Å²) in [6.07, 6.45) is 1.46. The van der Waals surface area contributed by atoms with Crippen LogP contribution < -0.4 is 16.4 Å². The van der Waals surface area contributed by atoms with Crippen LogP contribution in [-0.4, -0.2) is 16.8 Å². The second-order valence-corrected chi connectivity index (χ2v) is 4.40. The van der Waals surface area contributed by atoms with E-state index in [-0.39, 0.29) is 5.69 Å². The van der Waals surface area contributed by atoms with E-state index >= 15 is 0 Å². The van der Waals surface area contributed by atoms with Crippen molar-refractivity contribution in [1.82, 2.24) is 10.3 Å². The summed E-state index contributed by atoms with van der Waals surface area (Å²) in [4.78, 5) is 27.1. The minimum atomic E-state index is -0.439. The van der Waals surface area contributed by atoms with Crippen molar-refractivity contribution in [2.24, 2.45) is 0 Å². The Hall–Kier alpha value is -3.40. The molecule has 0 fully saturated rings. The van der Waals surface area contributed by atoms with Gasteiger partial charge in [-0.15, -0.1) is 0 Å². The smallest absolute Gasteiger partial charge is 0.259 e. The van der Waals surface area contributed by atoms with Crippen LogP contribution in [0.25, 0.3) is 0 Å². The molecule has 1 aliphatic heterocycles. The van der Waals surface area contributed by atoms with Gasteiger partial charge >= 0.3 is 0 Å². The van der Waals surface area contributed by atoms with Gasteiger partial charge in [0.25, 0.3) is 11.8 Å². The van der Waals surface area contributed by atoms with Gasteiger partial charge in [-0.05, 0) is 24.3 Å². The van der Waals surface area contributed by atoms with E-state index in [4.69, 9.17) is 11.0 Å². The molecule has 0 atom stereocenters. The van der Waals surface area contributed by atoms with Gasteiger partial charge in [0.1, 0.15) is 6.07 Å². The Morgan fingerprint density at radius 1 is 1.19 bits per heavy atom. The number of benzene rings is 1. The Kier molecular flexibility index (Phi) is 2.77. The molecule has 2 amide bonds. The highest BCUT2D eigenvalue weighted by Gasteiger charge is 2.26. The van der Waals surface area contributed by atoms with Gasteiger partial charge in [0.2, 0.25) is 0 Å². The van der Waals surface area contributed by atoms with Crippen LogP contribution in [0.5, 0.6) is 0 Å². The summed E-state index contributed by atoms with van der Waals surface area (Å²) in [5.41, 5.74) is 7.52. The minimum absolute atomic E-state index is 0.223. The van der Waals surface area contributed by atoms with Crippen molar-refractivity contribution in [2.75, 3.05) is 11.1 Å². The molecular weight excluding hydrogens is 270 g/mol. The molecule has 4 N–H and O–H groups in total. The molecular formula is C14H9N5O2. The number of aromatic nitrogens is 1. The maximum atomic E-state index is 11.6. The monoisotopic (exact) mass is 279 g/mol. The molecule has 0 saturated carbocycles. The van der Waals surface area contributed by atoms with Crippen molar-refractivity contribution in [1.29, 1.82) is 5.26 Å². The van der Waals surface area contributed by atoms with E-state index in [1.165, 1.54) is 18.3 Å². The summed E-state index contributed by atoms with van der Waals surface area (Å²) in [6.45, 7) is 0. The fourth-order valence-corrected chi connectivity index (χ4v) is 2.05. The molecule has 102 valence electrons. The standard InChI is InChI=1S/C14H9N5O2/c15-6-7-3-4-17-12(11(7)16)18-8-1-2-9-10(5-8)14(21)19-13(9)20/h1-5H,16H2,(H,17,18)(H,19,20,21). The van der Waals surface area contributed by atoms with Crippen LogP contribution in [0, 0.1) is 11.3 Å². The van der Waals surface area contributed by atoms with Crippen molar-refractivity contribution in [3.8, 4) is 6.07 Å². The zero-order valence-electron chi connectivity index (χ0n) is 10.7. The van der Waals surface area contributed by atoms with Gasteiger partial charge < -0.3 is 11.1 Å². The summed E-state index contributed by atoms with van der Waals surface area (Å²) in [6, 6.07) is 8.19. The predicted octanol–water partition coefficient (Wildman–Crippen LogP) is 1.16. The van der Waals surface area contributed by atoms with E-state index in [0.29, 0.717) is 28.2 Å². The van der Waals surface area contributed by atoms with E-state index in [9.17, 15) is 9.59 Å². The Morgan fingerprint density at radius 3 is 2.71 bits per heavy atom. The quantitative estimate of drug-likeness (QED) is 0.709. The van der Waals surface area contributed by atoms with E-state index in [1.807, 2.05) is 6.07 Å². The molecule has 0 saturated heterocycles. The fourth-order valence-electron chi connectivity index (χ4n) is 2.05. The maximum Gasteiger partial charge on any atom is 0.259 e. The molecule has 0 aliphatic carbocycles. The van der Waals surface area contributed by atoms with Gasteiger partial charge in [-0.2, -0.15) is 5.26 Å². The first-order chi connectivity index (χ1) is 10.1. The SMILES string of the molecule is N#Cc1ccnc(Nc2ccc3c(c2)C(=O)NC3=O)c1N. The number of nitrogens with one attached hydrogen (secondary N) is 2. The van der Waals surface area contributed by atoms with Gasteiger partial charge in [-0.3, -0.25) is 14.9 Å². The first-order valence-electron chi connectivity index (χ1n) is 6.01. The highest BCUT2D eigenvalue weighted by molar-refractivity contribution is 6.21. The molecule has 1 aliphatic rings. The average molecular weight is 279 g/mol. The van der Waals surface area contributed by atoms with E-state index in [2.05, 4.69) is 15.6 Å². The number of nitrogens with two attached hydrogens (primary N) is 1. The molecule has 0 bridgehead atoms. The van der Waals surface area contributed by atoms with E-state index in [0.717, 1.165) is 0 Å². The highest BCUT2D eigenvalue weighted by Crippen LogP contribution is 2.26. The van der Waals surface area contributed by atoms with Crippen LogP contribution in [-0.2, 0) is 0 Å². The van der Waals surface area contributed by atoms with Gasteiger partial charge in [0.05, 0.1) is 22.4 Å². The predicted molar refractivity (Wildman–Crippen MR) is 74.9 cm³/mol. The first kappa shape index (κ1) is 12.6. The summed E-state index contributed by atoms with van der Waals surface area (Å²) in [5, 5.41) is 14.1. The van der Waals surface area contributed by atoms with E-state index in [1.54, 1.807) is 12.1 Å². The Bertz CT molecular complexity index is 823. The number of nitrogens with zero attached hydrogens (tertiary/aromatic N) is 2. The average Bonchev–Trinajstić information content (AvgIpc) is 2.76. The molecule has 21 heavy (non-hydrogen) atoms. The van der Waals surface area contributed by atoms with Gasteiger partial charge in [-0.25, -0.2) is 4.98 Å². The summed E-state index contributed by atoms with van der Waals surface area (Å²) in [5.74, 6) is -0.533. The first-order valence-corrected chi connectivity index (χ1v) is 6.01. The van der Waals surface area contributed by atoms with Crippen LogP contribution in [0.2, 0.25) is 0 Å². The molecule has 0 unspecified atom stereocenters. The third kappa shape index (κ3) is 2.04. The molecule has 3 rings (SSSR count). The van der Waals surface area contributed by atoms with Crippen molar-refractivity contribution in [3.63, 3.8) is 0 Å². The van der Waals surface area contributed by atoms with Gasteiger partial charge in [-0.1, -0.05) is 0 Å². The Labute approximate surface area is 119 Å². The third-order valence-electron chi connectivity index (χ3n) is 3.11. The number of carbonyl (C=O) groups is 2. The summed E-state index contributed by atoms with van der Waals surface area (Å²) in [7, 11) is 0. The number of hydrogen-bond acceptors (Lipinski definition) is 6. The second kappa shape index (κ2) is 4.61. The molecule has 7 nitrogen and oxygen atoms in total. The Balaban J connectivity index is 1.98. The lowest BCUT2D eigenvalue weighted by Gasteiger charge is -2.09. The lowest BCUT2D eigenvalue weighted by atomic mass is 10.1. The summed E-state index contributed by atoms with van der Waals surface area (Å²) >= 11 is 0. The number of nitrogen functional groups attached to an aromatic ring is 1. The Morgan fingerprint density at radius 2 is 1.95 bits per heavy atom. The van der Waals surface area contributed by atoms with Crippen LogP contribution in [0.3, 0.4) is 0 Å². The molecule has 2 aromatic rings. The third-order valence-corrected chi connectivity index (χ3v) is 3.11. The number of pyridine rings is 1. The van der Waals surface area contributed by atoms with Crippen molar-refractivity contribution in [3.05, 3.63) is 47.2 Å². The van der Waals surface area contributed by atoms with Crippen LogP contribution in [0.4, 0.5) is 17.2 Å². The largest absolute Gasteiger partial charge is 0.395 e. The number of hydrogen-bond donors (Lipinski definition) is 3. The number of nitriles is 1. The summed E-state index contributed by atoms with van der Waals surface area (Å²) < 4.78 is 0. The molecule has 2 heterocycles. The van der Waals surface area contributed by atoms with Crippen LogP contribution in [0.15, 0.2) is 30.5 Å². The van der Waals surface area contributed by atoms with Crippen LogP contribution >= 0.6 is 0 Å². The lowest BCUT2D eigenvalue weighted by Crippen LogP contribution is -2.19. The highest BCUT2D eigenvalue weighted by atomic mass is 16.2. The minimum Gasteiger partial charge on any atom is -0.395 e. The zero-order chi connectivity index (χ0) is 15.0. The number of rotatable bonds is 2.